The number of thioether (sulfide) groups is 1. The van der Waals surface area contributed by atoms with Crippen LogP contribution in [0.1, 0.15) is 5.56 Å². The molecule has 120 valence electrons. The zero-order chi connectivity index (χ0) is 16.4. The molecule has 0 spiro atoms. The van der Waals surface area contributed by atoms with Crippen LogP contribution < -0.4 is 10.6 Å². The van der Waals surface area contributed by atoms with Crippen molar-refractivity contribution in [1.82, 2.24) is 4.90 Å². The lowest BCUT2D eigenvalue weighted by Crippen LogP contribution is -2.20. The van der Waals surface area contributed by atoms with E-state index in [1.54, 1.807) is 11.8 Å². The molecule has 2 heterocycles. The Balaban J connectivity index is 1.41. The van der Waals surface area contributed by atoms with Crippen LogP contribution in [-0.4, -0.2) is 29.2 Å². The molecule has 5 nitrogen and oxygen atoms in total. The highest BCUT2D eigenvalue weighted by Gasteiger charge is 2.26. The number of carbonyl (C=O) groups excluding carboxylic acids is 1. The van der Waals surface area contributed by atoms with Crippen LogP contribution >= 0.6 is 11.8 Å². The number of nitrogens with zero attached hydrogens (tertiary/aromatic N) is 2. The van der Waals surface area contributed by atoms with Crippen LogP contribution in [0, 0.1) is 0 Å². The molecule has 2 aliphatic rings. The molecule has 0 radical (unpaired) electrons. The van der Waals surface area contributed by atoms with Crippen molar-refractivity contribution in [2.45, 2.75) is 0 Å². The fourth-order valence-electron chi connectivity index (χ4n) is 2.69. The number of amidine groups is 1. The Labute approximate surface area is 144 Å². The summed E-state index contributed by atoms with van der Waals surface area (Å²) < 4.78 is 0. The van der Waals surface area contributed by atoms with E-state index in [0.29, 0.717) is 0 Å². The Morgan fingerprint density at radius 3 is 2.46 bits per heavy atom. The molecule has 0 unspecified atom stereocenters. The van der Waals surface area contributed by atoms with E-state index in [4.69, 9.17) is 0 Å². The van der Waals surface area contributed by atoms with Gasteiger partial charge in [-0.25, -0.2) is 4.79 Å². The standard InChI is InChI=1S/C18H16N4OS/c23-17(20-14-4-2-1-3-5-14)21-15-8-6-13(7-9-15)16-12-24-18-19-10-11-22(16)18/h1-9,12H,10-11H2,(H2,20,21,23). The minimum absolute atomic E-state index is 0.251. The third-order valence-corrected chi connectivity index (χ3v) is 4.74. The van der Waals surface area contributed by atoms with Crippen molar-refractivity contribution in [3.63, 3.8) is 0 Å². The molecule has 0 saturated heterocycles. The van der Waals surface area contributed by atoms with Crippen molar-refractivity contribution in [3.8, 4) is 0 Å². The number of rotatable bonds is 3. The summed E-state index contributed by atoms with van der Waals surface area (Å²) in [5.41, 5.74) is 3.83. The second kappa shape index (κ2) is 6.41. The summed E-state index contributed by atoms with van der Waals surface area (Å²) in [6, 6.07) is 17.0. The zero-order valence-electron chi connectivity index (χ0n) is 12.9. The molecule has 4 rings (SSSR count). The maximum Gasteiger partial charge on any atom is 0.323 e. The maximum atomic E-state index is 12.0. The van der Waals surface area contributed by atoms with Crippen molar-refractivity contribution >= 4 is 40.0 Å². The molecule has 0 saturated carbocycles. The summed E-state index contributed by atoms with van der Waals surface area (Å²) in [6.45, 7) is 1.80. The van der Waals surface area contributed by atoms with Gasteiger partial charge in [-0.1, -0.05) is 42.1 Å². The number of fused-ring (bicyclic) bond motifs is 1. The highest BCUT2D eigenvalue weighted by atomic mass is 32.2. The molecule has 0 fully saturated rings. The Morgan fingerprint density at radius 2 is 1.71 bits per heavy atom. The van der Waals surface area contributed by atoms with Crippen LogP contribution in [0.4, 0.5) is 16.2 Å². The zero-order valence-corrected chi connectivity index (χ0v) is 13.7. The highest BCUT2D eigenvalue weighted by Crippen LogP contribution is 2.35. The monoisotopic (exact) mass is 336 g/mol. The van der Waals surface area contributed by atoms with E-state index >= 15 is 0 Å². The maximum absolute atomic E-state index is 12.0. The number of urea groups is 1. The fourth-order valence-corrected chi connectivity index (χ4v) is 3.65. The van der Waals surface area contributed by atoms with E-state index in [2.05, 4.69) is 25.9 Å². The van der Waals surface area contributed by atoms with Crippen LogP contribution in [0.15, 0.2) is 65.0 Å². The largest absolute Gasteiger partial charge is 0.323 e. The van der Waals surface area contributed by atoms with E-state index in [9.17, 15) is 4.79 Å². The first kappa shape index (κ1) is 14.8. The number of anilines is 2. The summed E-state index contributed by atoms with van der Waals surface area (Å²) in [7, 11) is 0. The van der Waals surface area contributed by atoms with E-state index < -0.39 is 0 Å². The first-order chi connectivity index (χ1) is 11.8. The summed E-state index contributed by atoms with van der Waals surface area (Å²) in [5, 5.41) is 8.85. The average molecular weight is 336 g/mol. The molecular formula is C18H16N4OS. The van der Waals surface area contributed by atoms with Gasteiger partial charge in [0.1, 0.15) is 0 Å². The summed E-state index contributed by atoms with van der Waals surface area (Å²) in [4.78, 5) is 18.7. The number of hydrogen-bond donors (Lipinski definition) is 2. The lowest BCUT2D eigenvalue weighted by atomic mass is 10.1. The van der Waals surface area contributed by atoms with Crippen molar-refractivity contribution in [2.24, 2.45) is 4.99 Å². The minimum Gasteiger partial charge on any atom is -0.318 e. The van der Waals surface area contributed by atoms with Crippen molar-refractivity contribution in [1.29, 1.82) is 0 Å². The third-order valence-electron chi connectivity index (χ3n) is 3.84. The van der Waals surface area contributed by atoms with Crippen LogP contribution in [0.2, 0.25) is 0 Å². The van der Waals surface area contributed by atoms with Gasteiger partial charge in [0.15, 0.2) is 5.17 Å². The predicted molar refractivity (Wildman–Crippen MR) is 100 cm³/mol. The van der Waals surface area contributed by atoms with Crippen molar-refractivity contribution in [2.75, 3.05) is 23.7 Å². The summed E-state index contributed by atoms with van der Waals surface area (Å²) >= 11 is 1.67. The quantitative estimate of drug-likeness (QED) is 0.889. The number of carbonyl (C=O) groups is 1. The molecule has 2 aromatic rings. The normalized spacial score (nSPS) is 15.6. The molecule has 0 aromatic heterocycles. The van der Waals surface area contributed by atoms with Gasteiger partial charge in [0, 0.05) is 23.3 Å². The Bertz CT molecular complexity index is 815. The lowest BCUT2D eigenvalue weighted by molar-refractivity contribution is 0.262. The number of nitrogens with one attached hydrogen (secondary N) is 2. The molecule has 2 amide bonds. The lowest BCUT2D eigenvalue weighted by Gasteiger charge is -2.17. The van der Waals surface area contributed by atoms with Gasteiger partial charge in [0.05, 0.1) is 12.2 Å². The molecule has 2 aromatic carbocycles. The molecule has 0 atom stereocenters. The predicted octanol–water partition coefficient (Wildman–Crippen LogP) is 4.05. The van der Waals surface area contributed by atoms with Gasteiger partial charge in [-0.3, -0.25) is 4.99 Å². The molecule has 2 aliphatic heterocycles. The van der Waals surface area contributed by atoms with Gasteiger partial charge in [-0.05, 0) is 29.8 Å². The molecular weight excluding hydrogens is 320 g/mol. The molecule has 24 heavy (non-hydrogen) atoms. The average Bonchev–Trinajstić information content (AvgIpc) is 3.20. The first-order valence-electron chi connectivity index (χ1n) is 7.72. The highest BCUT2D eigenvalue weighted by molar-refractivity contribution is 8.16. The van der Waals surface area contributed by atoms with Gasteiger partial charge in [-0.2, -0.15) is 0 Å². The van der Waals surface area contributed by atoms with Gasteiger partial charge >= 0.3 is 6.03 Å². The van der Waals surface area contributed by atoms with Gasteiger partial charge in [0.25, 0.3) is 0 Å². The smallest absolute Gasteiger partial charge is 0.318 e. The van der Waals surface area contributed by atoms with Crippen molar-refractivity contribution < 1.29 is 4.79 Å². The molecule has 6 heteroatoms. The van der Waals surface area contributed by atoms with Gasteiger partial charge < -0.3 is 15.5 Å². The van der Waals surface area contributed by atoms with E-state index in [0.717, 1.165) is 35.2 Å². The Kier molecular flexibility index (Phi) is 3.96. The topological polar surface area (TPSA) is 56.7 Å². The third kappa shape index (κ3) is 3.00. The number of benzene rings is 2. The van der Waals surface area contributed by atoms with Crippen LogP contribution in [-0.2, 0) is 0 Å². The Hall–Kier alpha value is -2.73. The fraction of sp³-hybridized carbons (Fsp3) is 0.111. The number of amides is 2. The minimum atomic E-state index is -0.251. The second-order valence-corrected chi connectivity index (χ2v) is 6.30. The SMILES string of the molecule is O=C(Nc1ccccc1)Nc1ccc(C2=CSC3=NCCN23)cc1. The summed E-state index contributed by atoms with van der Waals surface area (Å²) in [5.74, 6) is 0. The van der Waals surface area contributed by atoms with Crippen LogP contribution in [0.3, 0.4) is 0 Å². The second-order valence-electron chi connectivity index (χ2n) is 5.46. The summed E-state index contributed by atoms with van der Waals surface area (Å²) in [6.07, 6.45) is 0. The Morgan fingerprint density at radius 1 is 1.00 bits per heavy atom. The van der Waals surface area contributed by atoms with Crippen LogP contribution in [0.25, 0.3) is 5.70 Å². The van der Waals surface area contributed by atoms with E-state index in [-0.39, 0.29) is 6.03 Å². The first-order valence-corrected chi connectivity index (χ1v) is 8.60. The van der Waals surface area contributed by atoms with Gasteiger partial charge in [0.2, 0.25) is 0 Å². The van der Waals surface area contributed by atoms with E-state index in [1.807, 2.05) is 54.6 Å². The molecule has 0 aliphatic carbocycles. The molecule has 2 N–H and O–H groups in total. The number of hydrogen-bond acceptors (Lipinski definition) is 4. The number of para-hydroxylation sites is 1. The van der Waals surface area contributed by atoms with Crippen molar-refractivity contribution in [3.05, 3.63) is 65.6 Å². The van der Waals surface area contributed by atoms with Crippen LogP contribution in [0.5, 0.6) is 0 Å². The van der Waals surface area contributed by atoms with Gasteiger partial charge in [-0.15, -0.1) is 0 Å². The number of aliphatic imine (C=N–C) groups is 1. The molecule has 0 bridgehead atoms. The van der Waals surface area contributed by atoms with E-state index in [1.165, 1.54) is 5.70 Å².